The van der Waals surface area contributed by atoms with Crippen molar-refractivity contribution >= 4 is 38.9 Å². The van der Waals surface area contributed by atoms with Crippen molar-refractivity contribution in [1.29, 1.82) is 0 Å². The van der Waals surface area contributed by atoms with Gasteiger partial charge < -0.3 is 15.8 Å². The van der Waals surface area contributed by atoms with Crippen LogP contribution in [0.5, 0.6) is 0 Å². The Morgan fingerprint density at radius 1 is 1.43 bits per heavy atom. The summed E-state index contributed by atoms with van der Waals surface area (Å²) in [5.41, 5.74) is 8.81. The van der Waals surface area contributed by atoms with Gasteiger partial charge in [0.2, 0.25) is 0 Å². The number of carbonyl (C=O) groups is 1. The number of rotatable bonds is 5. The molecule has 6 heteroatoms. The standard InChI is InChI=1S/C17H23N3O2S/c1-2-22-15(21)9-11-3-5-12(6-4-11)20-16-13(18)10-19-14-7-8-23-17(14)16/h7-8,10-12H,2-6,9,18H2,1H3,(H,19,20)/t11-,12-. The fourth-order valence-electron chi connectivity index (χ4n) is 3.25. The van der Waals surface area contributed by atoms with Crippen LogP contribution in [0.4, 0.5) is 11.4 Å². The second-order valence-corrected chi connectivity index (χ2v) is 7.01. The first-order valence-electron chi connectivity index (χ1n) is 8.21. The van der Waals surface area contributed by atoms with Gasteiger partial charge in [-0.3, -0.25) is 9.78 Å². The van der Waals surface area contributed by atoms with Crippen molar-refractivity contribution in [1.82, 2.24) is 4.98 Å². The van der Waals surface area contributed by atoms with Crippen molar-refractivity contribution in [3.8, 4) is 0 Å². The second kappa shape index (κ2) is 7.17. The number of nitrogens with two attached hydrogens (primary N) is 1. The topological polar surface area (TPSA) is 77.2 Å². The number of thiophene rings is 1. The van der Waals surface area contributed by atoms with Crippen LogP contribution in [0.25, 0.3) is 10.2 Å². The van der Waals surface area contributed by atoms with Gasteiger partial charge in [0, 0.05) is 12.5 Å². The molecule has 3 rings (SSSR count). The highest BCUT2D eigenvalue weighted by Crippen LogP contribution is 2.35. The minimum Gasteiger partial charge on any atom is -0.466 e. The average Bonchev–Trinajstić information content (AvgIpc) is 3.01. The Bertz CT molecular complexity index is 678. The lowest BCUT2D eigenvalue weighted by atomic mass is 9.84. The van der Waals surface area contributed by atoms with E-state index in [4.69, 9.17) is 10.5 Å². The number of pyridine rings is 1. The largest absolute Gasteiger partial charge is 0.466 e. The summed E-state index contributed by atoms with van der Waals surface area (Å²) in [5.74, 6) is 0.381. The first-order valence-corrected chi connectivity index (χ1v) is 9.09. The van der Waals surface area contributed by atoms with Gasteiger partial charge in [-0.05, 0) is 50.0 Å². The van der Waals surface area contributed by atoms with E-state index in [1.54, 1.807) is 17.5 Å². The highest BCUT2D eigenvalue weighted by Gasteiger charge is 2.24. The van der Waals surface area contributed by atoms with Crippen LogP contribution in [-0.4, -0.2) is 23.6 Å². The van der Waals surface area contributed by atoms with Gasteiger partial charge in [0.15, 0.2) is 0 Å². The molecule has 124 valence electrons. The van der Waals surface area contributed by atoms with Crippen LogP contribution >= 0.6 is 11.3 Å². The average molecular weight is 333 g/mol. The third-order valence-corrected chi connectivity index (χ3v) is 5.38. The smallest absolute Gasteiger partial charge is 0.306 e. The van der Waals surface area contributed by atoms with E-state index in [2.05, 4.69) is 10.3 Å². The number of fused-ring (bicyclic) bond motifs is 1. The van der Waals surface area contributed by atoms with E-state index < -0.39 is 0 Å². The monoisotopic (exact) mass is 333 g/mol. The zero-order valence-corrected chi connectivity index (χ0v) is 14.2. The summed E-state index contributed by atoms with van der Waals surface area (Å²) in [6.07, 6.45) is 6.48. The molecule has 0 aliphatic heterocycles. The SMILES string of the molecule is CCOC(=O)C[C@H]1CC[C@H](Nc2c(N)cnc3ccsc23)CC1. The van der Waals surface area contributed by atoms with E-state index in [9.17, 15) is 4.79 Å². The van der Waals surface area contributed by atoms with E-state index in [-0.39, 0.29) is 5.97 Å². The van der Waals surface area contributed by atoms with Gasteiger partial charge in [0.1, 0.15) is 0 Å². The molecule has 5 nitrogen and oxygen atoms in total. The molecule has 0 atom stereocenters. The maximum absolute atomic E-state index is 11.6. The van der Waals surface area contributed by atoms with Crippen LogP contribution < -0.4 is 11.1 Å². The minimum absolute atomic E-state index is 0.0671. The summed E-state index contributed by atoms with van der Waals surface area (Å²) in [6.45, 7) is 2.32. The van der Waals surface area contributed by atoms with Crippen LogP contribution in [0.15, 0.2) is 17.6 Å². The summed E-state index contributed by atoms with van der Waals surface area (Å²) in [4.78, 5) is 15.9. The summed E-state index contributed by atoms with van der Waals surface area (Å²) < 4.78 is 6.17. The van der Waals surface area contributed by atoms with Crippen molar-refractivity contribution in [2.75, 3.05) is 17.7 Å². The molecule has 3 N–H and O–H groups in total. The lowest BCUT2D eigenvalue weighted by Crippen LogP contribution is -2.27. The Labute approximate surface area is 140 Å². The molecule has 1 fully saturated rings. The van der Waals surface area contributed by atoms with Crippen molar-refractivity contribution < 1.29 is 9.53 Å². The van der Waals surface area contributed by atoms with Crippen LogP contribution in [-0.2, 0) is 9.53 Å². The number of ether oxygens (including phenoxy) is 1. The first-order chi connectivity index (χ1) is 11.2. The van der Waals surface area contributed by atoms with Crippen molar-refractivity contribution in [3.63, 3.8) is 0 Å². The van der Waals surface area contributed by atoms with Crippen LogP contribution in [0.2, 0.25) is 0 Å². The molecular weight excluding hydrogens is 310 g/mol. The number of hydrogen-bond acceptors (Lipinski definition) is 6. The maximum atomic E-state index is 11.6. The molecule has 1 saturated carbocycles. The van der Waals surface area contributed by atoms with Crippen LogP contribution in [0, 0.1) is 5.92 Å². The quantitative estimate of drug-likeness (QED) is 0.814. The zero-order chi connectivity index (χ0) is 16.2. The molecule has 23 heavy (non-hydrogen) atoms. The van der Waals surface area contributed by atoms with Gasteiger partial charge >= 0.3 is 5.97 Å². The fourth-order valence-corrected chi connectivity index (χ4v) is 4.11. The molecule has 2 aromatic rings. The summed E-state index contributed by atoms with van der Waals surface area (Å²) in [5, 5.41) is 5.65. The highest BCUT2D eigenvalue weighted by atomic mass is 32.1. The number of nitrogens with zero attached hydrogens (tertiary/aromatic N) is 1. The minimum atomic E-state index is -0.0671. The summed E-state index contributed by atoms with van der Waals surface area (Å²) in [7, 11) is 0. The molecule has 0 spiro atoms. The highest BCUT2D eigenvalue weighted by molar-refractivity contribution is 7.17. The predicted molar refractivity (Wildman–Crippen MR) is 94.7 cm³/mol. The number of esters is 1. The molecule has 0 saturated heterocycles. The molecule has 0 aromatic carbocycles. The summed E-state index contributed by atoms with van der Waals surface area (Å²) in [6, 6.07) is 2.42. The number of aromatic nitrogens is 1. The van der Waals surface area contributed by atoms with E-state index in [0.29, 0.717) is 30.7 Å². The van der Waals surface area contributed by atoms with Gasteiger partial charge in [-0.1, -0.05) is 0 Å². The second-order valence-electron chi connectivity index (χ2n) is 6.09. The predicted octanol–water partition coefficient (Wildman–Crippen LogP) is 3.80. The van der Waals surface area contributed by atoms with E-state index >= 15 is 0 Å². The molecule has 0 bridgehead atoms. The molecule has 0 amide bonds. The molecule has 1 aliphatic rings. The van der Waals surface area contributed by atoms with Crippen molar-refractivity contribution in [3.05, 3.63) is 17.6 Å². The Kier molecular flexibility index (Phi) is 5.00. The van der Waals surface area contributed by atoms with Gasteiger partial charge in [-0.15, -0.1) is 11.3 Å². The lowest BCUT2D eigenvalue weighted by molar-refractivity contribution is -0.144. The number of carbonyl (C=O) groups excluding carboxylic acids is 1. The molecular formula is C17H23N3O2S. The van der Waals surface area contributed by atoms with E-state index in [1.807, 2.05) is 18.4 Å². The third-order valence-electron chi connectivity index (χ3n) is 4.46. The lowest BCUT2D eigenvalue weighted by Gasteiger charge is -2.29. The molecule has 0 unspecified atom stereocenters. The Morgan fingerprint density at radius 3 is 2.96 bits per heavy atom. The van der Waals surface area contributed by atoms with Crippen molar-refractivity contribution in [2.45, 2.75) is 45.1 Å². The normalized spacial score (nSPS) is 21.3. The van der Waals surface area contributed by atoms with Gasteiger partial charge in [-0.2, -0.15) is 0 Å². The van der Waals surface area contributed by atoms with E-state index in [0.717, 1.165) is 41.6 Å². The Morgan fingerprint density at radius 2 is 2.22 bits per heavy atom. The molecule has 0 radical (unpaired) electrons. The summed E-state index contributed by atoms with van der Waals surface area (Å²) >= 11 is 1.66. The number of anilines is 2. The third kappa shape index (κ3) is 3.75. The van der Waals surface area contributed by atoms with Gasteiger partial charge in [-0.25, -0.2) is 0 Å². The van der Waals surface area contributed by atoms with Crippen molar-refractivity contribution in [2.24, 2.45) is 5.92 Å². The van der Waals surface area contributed by atoms with E-state index in [1.165, 1.54) is 0 Å². The zero-order valence-electron chi connectivity index (χ0n) is 13.4. The van der Waals surface area contributed by atoms with Gasteiger partial charge in [0.05, 0.1) is 34.4 Å². The molecule has 2 heterocycles. The number of nitrogen functional groups attached to an aromatic ring is 1. The first kappa shape index (κ1) is 16.1. The fraction of sp³-hybridized carbons (Fsp3) is 0.529. The molecule has 2 aromatic heterocycles. The Balaban J connectivity index is 1.59. The van der Waals surface area contributed by atoms with Gasteiger partial charge in [0.25, 0.3) is 0 Å². The Hall–Kier alpha value is -1.82. The number of nitrogens with one attached hydrogen (secondary N) is 1. The number of hydrogen-bond donors (Lipinski definition) is 2. The molecule has 1 aliphatic carbocycles. The maximum Gasteiger partial charge on any atom is 0.306 e. The van der Waals surface area contributed by atoms with Crippen LogP contribution in [0.3, 0.4) is 0 Å². The van der Waals surface area contributed by atoms with Crippen LogP contribution in [0.1, 0.15) is 39.0 Å².